The van der Waals surface area contributed by atoms with Gasteiger partial charge in [-0.3, -0.25) is 9.59 Å². The van der Waals surface area contributed by atoms with E-state index in [9.17, 15) is 33.0 Å². The van der Waals surface area contributed by atoms with Crippen molar-refractivity contribution in [1.82, 2.24) is 0 Å². The van der Waals surface area contributed by atoms with Gasteiger partial charge in [0.1, 0.15) is 11.5 Å². The fraction of sp³-hybridized carbons (Fsp3) is 0.133. The van der Waals surface area contributed by atoms with Crippen LogP contribution in [0, 0.1) is 13.8 Å². The van der Waals surface area contributed by atoms with Gasteiger partial charge in [0.05, 0.1) is 11.4 Å². The second-order valence-corrected chi connectivity index (χ2v) is 10.9. The minimum absolute atomic E-state index is 0.108. The number of aryl methyl sites for hydroxylation is 2. The summed E-state index contributed by atoms with van der Waals surface area (Å²) < 4.78 is 41.1. The maximum atomic E-state index is 14.5. The zero-order valence-corrected chi connectivity index (χ0v) is 23.5. The van der Waals surface area contributed by atoms with Crippen molar-refractivity contribution < 1.29 is 33.0 Å². The van der Waals surface area contributed by atoms with Gasteiger partial charge in [0.25, 0.3) is 11.8 Å². The molecule has 0 heterocycles. The Bertz CT molecular complexity index is 1460. The summed E-state index contributed by atoms with van der Waals surface area (Å²) in [7, 11) is 0. The lowest BCUT2D eigenvalue weighted by atomic mass is 9.89. The number of benzene rings is 4. The molecule has 4 N–H and O–H groups in total. The fourth-order valence-corrected chi connectivity index (χ4v) is 4.80. The number of phenols is 2. The second kappa shape index (κ2) is 11.2. The quantitative estimate of drug-likeness (QED) is 0.0981. The third kappa shape index (κ3) is 5.91. The number of carbonyl (C=O) groups is 2. The van der Waals surface area contributed by atoms with Gasteiger partial charge in [0.2, 0.25) is 0 Å². The summed E-state index contributed by atoms with van der Waals surface area (Å²) >= 11 is 1.33. The molecular formula is C30H24F3IN2O4. The molecule has 0 aromatic heterocycles. The molecule has 6 nitrogen and oxygen atoms in total. The van der Waals surface area contributed by atoms with E-state index in [2.05, 4.69) is 10.6 Å². The first-order valence-electron chi connectivity index (χ1n) is 12.0. The molecule has 0 saturated heterocycles. The highest BCUT2D eigenvalue weighted by Gasteiger charge is 2.55. The van der Waals surface area contributed by atoms with Crippen LogP contribution in [-0.4, -0.2) is 28.2 Å². The number of anilines is 2. The second-order valence-electron chi connectivity index (χ2n) is 9.26. The van der Waals surface area contributed by atoms with Gasteiger partial charge in [-0.05, 0) is 84.6 Å². The molecule has 0 bridgehead atoms. The molecule has 0 aliphatic heterocycles. The molecule has 10 heteroatoms. The number of halogens is 4. The van der Waals surface area contributed by atoms with E-state index in [1.54, 1.807) is 38.1 Å². The Labute approximate surface area is 242 Å². The van der Waals surface area contributed by atoms with Crippen molar-refractivity contribution >= 4 is 45.8 Å². The lowest BCUT2D eigenvalue weighted by Crippen LogP contribution is -2.37. The SMILES string of the molecule is Cc1ccc(O)c(NC(=O)c2ccc(C(I)(c3ccc(C(=O)Nc4cc(C)ccc4O)cc3)C(F)(F)F)cc2)c1. The normalized spacial score (nSPS) is 11.7. The monoisotopic (exact) mass is 660 g/mol. The van der Waals surface area contributed by atoms with E-state index in [4.69, 9.17) is 0 Å². The summed E-state index contributed by atoms with van der Waals surface area (Å²) in [4.78, 5) is 25.4. The van der Waals surface area contributed by atoms with E-state index in [1.165, 1.54) is 83.3 Å². The number of rotatable bonds is 6. The molecule has 0 fully saturated rings. The van der Waals surface area contributed by atoms with E-state index in [0.29, 0.717) is 0 Å². The Balaban J connectivity index is 1.58. The van der Waals surface area contributed by atoms with Crippen LogP contribution in [0.5, 0.6) is 11.5 Å². The first kappa shape index (κ1) is 28.9. The molecule has 0 atom stereocenters. The Morgan fingerprint density at radius 3 is 1.32 bits per heavy atom. The van der Waals surface area contributed by atoms with Crippen molar-refractivity contribution in [2.24, 2.45) is 0 Å². The van der Waals surface area contributed by atoms with Crippen LogP contribution in [0.25, 0.3) is 0 Å². The lowest BCUT2D eigenvalue weighted by Gasteiger charge is -2.31. The van der Waals surface area contributed by atoms with Crippen LogP contribution in [0.1, 0.15) is 43.0 Å². The predicted molar refractivity (Wildman–Crippen MR) is 155 cm³/mol. The Morgan fingerprint density at radius 1 is 0.650 bits per heavy atom. The van der Waals surface area contributed by atoms with Crippen molar-refractivity contribution in [3.05, 3.63) is 118 Å². The van der Waals surface area contributed by atoms with Crippen LogP contribution in [0.2, 0.25) is 0 Å². The van der Waals surface area contributed by atoms with Gasteiger partial charge in [0, 0.05) is 11.1 Å². The summed E-state index contributed by atoms with van der Waals surface area (Å²) in [6.07, 6.45) is -4.72. The number of carbonyl (C=O) groups excluding carboxylic acids is 2. The molecule has 0 spiro atoms. The zero-order valence-electron chi connectivity index (χ0n) is 21.3. The van der Waals surface area contributed by atoms with Gasteiger partial charge < -0.3 is 20.8 Å². The number of hydrogen-bond acceptors (Lipinski definition) is 4. The summed E-state index contributed by atoms with van der Waals surface area (Å²) in [5.74, 6) is -1.44. The fourth-order valence-electron chi connectivity index (χ4n) is 4.09. The van der Waals surface area contributed by atoms with Crippen molar-refractivity contribution in [1.29, 1.82) is 0 Å². The summed E-state index contributed by atoms with van der Waals surface area (Å²) in [5.41, 5.74) is 1.98. The number of nitrogens with one attached hydrogen (secondary N) is 2. The lowest BCUT2D eigenvalue weighted by molar-refractivity contribution is -0.146. The molecule has 0 aliphatic rings. The Morgan fingerprint density at radius 2 is 1.00 bits per heavy atom. The topological polar surface area (TPSA) is 98.7 Å². The van der Waals surface area contributed by atoms with Gasteiger partial charge in [-0.1, -0.05) is 59.0 Å². The van der Waals surface area contributed by atoms with Crippen molar-refractivity contribution in [3.63, 3.8) is 0 Å². The molecule has 4 aromatic carbocycles. The van der Waals surface area contributed by atoms with E-state index in [1.807, 2.05) is 0 Å². The van der Waals surface area contributed by atoms with Crippen molar-refractivity contribution in [3.8, 4) is 11.5 Å². The largest absolute Gasteiger partial charge is 0.506 e. The van der Waals surface area contributed by atoms with E-state index in [-0.39, 0.29) is 45.1 Å². The maximum absolute atomic E-state index is 14.5. The molecule has 4 aromatic rings. The summed E-state index contributed by atoms with van der Waals surface area (Å²) in [5, 5.41) is 25.1. The summed E-state index contributed by atoms with van der Waals surface area (Å²) in [6, 6.07) is 19.4. The third-order valence-electron chi connectivity index (χ3n) is 6.28. The van der Waals surface area contributed by atoms with Crippen LogP contribution < -0.4 is 10.6 Å². The highest BCUT2D eigenvalue weighted by atomic mass is 127. The average Bonchev–Trinajstić information content (AvgIpc) is 2.91. The Kier molecular flexibility index (Phi) is 8.10. The molecule has 40 heavy (non-hydrogen) atoms. The van der Waals surface area contributed by atoms with E-state index in [0.717, 1.165) is 11.1 Å². The standard InChI is InChI=1S/C30H24F3IN2O4/c1-17-3-13-25(37)23(15-17)35-27(39)19-5-9-21(10-6-19)29(34,30(31,32)33)22-11-7-20(8-12-22)28(40)36-24-16-18(2)4-14-26(24)38/h3-16,37-38H,1-2H3,(H,35,39)(H,36,40). The summed E-state index contributed by atoms with van der Waals surface area (Å²) in [6.45, 7) is 3.57. The number of aromatic hydroxyl groups is 2. The molecule has 0 aliphatic carbocycles. The average molecular weight is 660 g/mol. The molecule has 0 radical (unpaired) electrons. The molecule has 4 rings (SSSR count). The Hall–Kier alpha value is -4.06. The molecular weight excluding hydrogens is 636 g/mol. The van der Waals surface area contributed by atoms with Crippen LogP contribution in [0.4, 0.5) is 24.5 Å². The van der Waals surface area contributed by atoms with Gasteiger partial charge in [-0.25, -0.2) is 0 Å². The van der Waals surface area contributed by atoms with Gasteiger partial charge in [0.15, 0.2) is 3.42 Å². The number of hydrogen-bond donors (Lipinski definition) is 4. The van der Waals surface area contributed by atoms with Gasteiger partial charge >= 0.3 is 6.18 Å². The first-order chi connectivity index (χ1) is 18.8. The van der Waals surface area contributed by atoms with Crippen LogP contribution in [0.15, 0.2) is 84.9 Å². The van der Waals surface area contributed by atoms with Gasteiger partial charge in [-0.2, -0.15) is 13.2 Å². The predicted octanol–water partition coefficient (Wildman–Crippen LogP) is 7.46. The molecule has 0 unspecified atom stereocenters. The first-order valence-corrected chi connectivity index (χ1v) is 13.1. The minimum atomic E-state index is -4.72. The minimum Gasteiger partial charge on any atom is -0.506 e. The smallest absolute Gasteiger partial charge is 0.411 e. The molecule has 2 amide bonds. The zero-order chi connectivity index (χ0) is 29.2. The van der Waals surface area contributed by atoms with Crippen LogP contribution >= 0.6 is 22.6 Å². The van der Waals surface area contributed by atoms with Crippen LogP contribution in [-0.2, 0) is 3.42 Å². The van der Waals surface area contributed by atoms with Gasteiger partial charge in [-0.15, -0.1) is 0 Å². The van der Waals surface area contributed by atoms with E-state index < -0.39 is 21.4 Å². The van der Waals surface area contributed by atoms with Crippen molar-refractivity contribution in [2.75, 3.05) is 10.6 Å². The highest BCUT2D eigenvalue weighted by molar-refractivity contribution is 14.1. The number of alkyl halides is 4. The number of amides is 2. The molecule has 0 saturated carbocycles. The van der Waals surface area contributed by atoms with E-state index >= 15 is 0 Å². The van der Waals surface area contributed by atoms with Crippen molar-refractivity contribution in [2.45, 2.75) is 23.4 Å². The van der Waals surface area contributed by atoms with Crippen LogP contribution in [0.3, 0.4) is 0 Å². The highest BCUT2D eigenvalue weighted by Crippen LogP contribution is 2.51. The third-order valence-corrected chi connectivity index (χ3v) is 8.14. The number of phenolic OH excluding ortho intramolecular Hbond substituents is 2. The molecule has 206 valence electrons. The maximum Gasteiger partial charge on any atom is 0.411 e.